The number of alkyl halides is 3. The molecule has 0 spiro atoms. The number of halogens is 3. The summed E-state index contributed by atoms with van der Waals surface area (Å²) in [5.74, 6) is -2.17. The third-order valence-corrected chi connectivity index (χ3v) is 4.13. The summed E-state index contributed by atoms with van der Waals surface area (Å²) in [6, 6.07) is 2.45. The maximum Gasteiger partial charge on any atom is 0.417 e. The third kappa shape index (κ3) is 2.40. The van der Waals surface area contributed by atoms with E-state index in [2.05, 4.69) is 5.32 Å². The van der Waals surface area contributed by atoms with Gasteiger partial charge in [-0.2, -0.15) is 18.4 Å². The molecular formula is C15H10F3N3O3. The molecule has 1 N–H and O–H groups in total. The molecule has 0 aliphatic carbocycles. The fraction of sp³-hybridized carbons (Fsp3) is 0.333. The smallest absolute Gasteiger partial charge is 0.322 e. The van der Waals surface area contributed by atoms with Gasteiger partial charge in [-0.3, -0.25) is 19.7 Å². The maximum absolute atomic E-state index is 13.2. The Morgan fingerprint density at radius 3 is 2.54 bits per heavy atom. The minimum atomic E-state index is -4.76. The zero-order valence-electron chi connectivity index (χ0n) is 12.1. The lowest BCUT2D eigenvalue weighted by Crippen LogP contribution is -2.52. The van der Waals surface area contributed by atoms with Crippen LogP contribution in [0.4, 0.5) is 13.2 Å². The fourth-order valence-electron chi connectivity index (χ4n) is 3.01. The summed E-state index contributed by atoms with van der Waals surface area (Å²) in [7, 11) is 0. The molecule has 1 atom stereocenters. The van der Waals surface area contributed by atoms with Gasteiger partial charge in [0.25, 0.3) is 5.91 Å². The predicted octanol–water partition coefficient (Wildman–Crippen LogP) is 1.34. The zero-order valence-corrected chi connectivity index (χ0v) is 12.1. The Labute approximate surface area is 133 Å². The van der Waals surface area contributed by atoms with Crippen molar-refractivity contribution in [2.75, 3.05) is 0 Å². The minimum Gasteiger partial charge on any atom is -0.322 e. The first kappa shape index (κ1) is 16.0. The number of hydrogen-bond donors (Lipinski definition) is 1. The Morgan fingerprint density at radius 2 is 1.96 bits per heavy atom. The van der Waals surface area contributed by atoms with Gasteiger partial charge in [0.1, 0.15) is 6.04 Å². The van der Waals surface area contributed by atoms with Gasteiger partial charge in [-0.05, 0) is 18.6 Å². The molecule has 2 heterocycles. The highest BCUT2D eigenvalue weighted by atomic mass is 19.4. The number of piperidine rings is 1. The van der Waals surface area contributed by atoms with E-state index in [4.69, 9.17) is 5.26 Å². The molecule has 0 bridgehead atoms. The molecule has 1 aromatic rings. The van der Waals surface area contributed by atoms with Gasteiger partial charge in [0.05, 0.1) is 22.8 Å². The second-order valence-electron chi connectivity index (χ2n) is 5.52. The third-order valence-electron chi connectivity index (χ3n) is 4.13. The first-order valence-electron chi connectivity index (χ1n) is 7.02. The van der Waals surface area contributed by atoms with Crippen LogP contribution >= 0.6 is 0 Å². The Kier molecular flexibility index (Phi) is 3.55. The molecule has 6 nitrogen and oxygen atoms in total. The number of rotatable bonds is 1. The van der Waals surface area contributed by atoms with E-state index < -0.39 is 41.1 Å². The van der Waals surface area contributed by atoms with E-state index in [1.54, 1.807) is 6.07 Å². The highest BCUT2D eigenvalue weighted by Gasteiger charge is 2.45. The molecule has 3 rings (SSSR count). The molecule has 0 saturated carbocycles. The van der Waals surface area contributed by atoms with Crippen molar-refractivity contribution in [1.29, 1.82) is 5.26 Å². The van der Waals surface area contributed by atoms with Crippen LogP contribution < -0.4 is 5.32 Å². The van der Waals surface area contributed by atoms with Crippen LogP contribution in [0.25, 0.3) is 0 Å². The number of nitrogens with one attached hydrogen (secondary N) is 1. The highest BCUT2D eigenvalue weighted by Crippen LogP contribution is 2.39. The van der Waals surface area contributed by atoms with E-state index >= 15 is 0 Å². The minimum absolute atomic E-state index is 0.00618. The first-order valence-corrected chi connectivity index (χ1v) is 7.02. The lowest BCUT2D eigenvalue weighted by molar-refractivity contribution is -0.138. The standard InChI is InChI=1S/C15H10F3N3O3/c16-15(17,18)9-2-1-7(5-19)8-6-21(14(24)12(8)9)10-3-4-11(22)20-13(10)23/h1-2,10H,3-4,6H2,(H,20,22,23). The van der Waals surface area contributed by atoms with E-state index in [0.717, 1.165) is 11.0 Å². The van der Waals surface area contributed by atoms with E-state index in [9.17, 15) is 27.6 Å². The summed E-state index contributed by atoms with van der Waals surface area (Å²) in [5.41, 5.74) is -1.80. The number of fused-ring (bicyclic) bond motifs is 1. The monoisotopic (exact) mass is 337 g/mol. The van der Waals surface area contributed by atoms with Gasteiger partial charge in [-0.1, -0.05) is 0 Å². The molecular weight excluding hydrogens is 327 g/mol. The summed E-state index contributed by atoms with van der Waals surface area (Å²) in [5, 5.41) is 11.1. The molecule has 1 saturated heterocycles. The van der Waals surface area contributed by atoms with Crippen LogP contribution in [0.3, 0.4) is 0 Å². The van der Waals surface area contributed by atoms with Crippen molar-refractivity contribution < 1.29 is 27.6 Å². The number of benzene rings is 1. The lowest BCUT2D eigenvalue weighted by atomic mass is 9.98. The van der Waals surface area contributed by atoms with Gasteiger partial charge < -0.3 is 4.90 Å². The number of amides is 3. The summed E-state index contributed by atoms with van der Waals surface area (Å²) >= 11 is 0. The Balaban J connectivity index is 2.05. The zero-order chi connectivity index (χ0) is 17.6. The molecule has 1 fully saturated rings. The molecule has 3 amide bonds. The van der Waals surface area contributed by atoms with E-state index in [1.165, 1.54) is 0 Å². The Hall–Kier alpha value is -2.89. The fourth-order valence-corrected chi connectivity index (χ4v) is 3.01. The summed E-state index contributed by atoms with van der Waals surface area (Å²) < 4.78 is 39.5. The van der Waals surface area contributed by atoms with Gasteiger partial charge in [-0.15, -0.1) is 0 Å². The van der Waals surface area contributed by atoms with Crippen LogP contribution in [0.15, 0.2) is 12.1 Å². The highest BCUT2D eigenvalue weighted by molar-refractivity contribution is 6.06. The number of hydrogen-bond acceptors (Lipinski definition) is 4. The van der Waals surface area contributed by atoms with Gasteiger partial charge in [-0.25, -0.2) is 0 Å². The molecule has 124 valence electrons. The molecule has 2 aliphatic rings. The summed E-state index contributed by atoms with van der Waals surface area (Å²) in [6.45, 7) is -0.271. The maximum atomic E-state index is 13.2. The van der Waals surface area contributed by atoms with E-state index in [1.807, 2.05) is 0 Å². The molecule has 24 heavy (non-hydrogen) atoms. The molecule has 2 aliphatic heterocycles. The van der Waals surface area contributed by atoms with Gasteiger partial charge >= 0.3 is 6.18 Å². The van der Waals surface area contributed by atoms with Crippen molar-refractivity contribution >= 4 is 17.7 Å². The number of nitrogens with zero attached hydrogens (tertiary/aromatic N) is 2. The van der Waals surface area contributed by atoms with Crippen molar-refractivity contribution in [2.45, 2.75) is 31.6 Å². The second kappa shape index (κ2) is 5.33. The average Bonchev–Trinajstić information content (AvgIpc) is 2.83. The summed E-state index contributed by atoms with van der Waals surface area (Å²) in [6.07, 6.45) is -4.73. The average molecular weight is 337 g/mol. The van der Waals surface area contributed by atoms with Crippen molar-refractivity contribution in [3.8, 4) is 6.07 Å². The normalized spacial score (nSPS) is 20.7. The molecule has 1 aromatic carbocycles. The van der Waals surface area contributed by atoms with Crippen molar-refractivity contribution in [1.82, 2.24) is 10.2 Å². The number of imide groups is 1. The van der Waals surface area contributed by atoms with Crippen molar-refractivity contribution in [2.24, 2.45) is 0 Å². The second-order valence-corrected chi connectivity index (χ2v) is 5.52. The SMILES string of the molecule is N#Cc1ccc(C(F)(F)F)c2c1CN(C1CCC(=O)NC1=O)C2=O. The number of nitriles is 1. The van der Waals surface area contributed by atoms with E-state index in [0.29, 0.717) is 6.07 Å². The Bertz CT molecular complexity index is 811. The predicted molar refractivity (Wildman–Crippen MR) is 72.2 cm³/mol. The number of carbonyl (C=O) groups is 3. The van der Waals surface area contributed by atoms with E-state index in [-0.39, 0.29) is 30.5 Å². The number of carbonyl (C=O) groups excluding carboxylic acids is 3. The molecule has 0 radical (unpaired) electrons. The Morgan fingerprint density at radius 1 is 1.25 bits per heavy atom. The summed E-state index contributed by atoms with van der Waals surface area (Å²) in [4.78, 5) is 36.6. The van der Waals surface area contributed by atoms with Crippen LogP contribution in [-0.4, -0.2) is 28.7 Å². The van der Waals surface area contributed by atoms with Crippen LogP contribution in [0, 0.1) is 11.3 Å². The first-order chi connectivity index (χ1) is 11.2. The van der Waals surface area contributed by atoms with Crippen LogP contribution in [0.5, 0.6) is 0 Å². The van der Waals surface area contributed by atoms with Crippen LogP contribution in [0.2, 0.25) is 0 Å². The largest absolute Gasteiger partial charge is 0.417 e. The van der Waals surface area contributed by atoms with Crippen LogP contribution in [0.1, 0.15) is 39.9 Å². The molecule has 0 aromatic heterocycles. The quantitative estimate of drug-likeness (QED) is 0.783. The molecule has 9 heteroatoms. The van der Waals surface area contributed by atoms with Gasteiger partial charge in [0, 0.05) is 18.5 Å². The molecule has 1 unspecified atom stereocenters. The van der Waals surface area contributed by atoms with Crippen LogP contribution in [-0.2, 0) is 22.3 Å². The van der Waals surface area contributed by atoms with Crippen molar-refractivity contribution in [3.05, 3.63) is 34.4 Å². The van der Waals surface area contributed by atoms with Gasteiger partial charge in [0.15, 0.2) is 0 Å². The van der Waals surface area contributed by atoms with Gasteiger partial charge in [0.2, 0.25) is 11.8 Å². The topological polar surface area (TPSA) is 90.3 Å². The lowest BCUT2D eigenvalue weighted by Gasteiger charge is -2.29. The van der Waals surface area contributed by atoms with Crippen molar-refractivity contribution in [3.63, 3.8) is 0 Å².